The van der Waals surface area contributed by atoms with Crippen molar-refractivity contribution in [1.29, 1.82) is 0 Å². The molecule has 0 aliphatic carbocycles. The molecule has 0 unspecified atom stereocenters. The predicted molar refractivity (Wildman–Crippen MR) is 87.1 cm³/mol. The van der Waals surface area contributed by atoms with Crippen LogP contribution >= 0.6 is 0 Å². The quantitative estimate of drug-likeness (QED) is 0.676. The van der Waals surface area contributed by atoms with E-state index in [1.54, 1.807) is 6.07 Å². The first kappa shape index (κ1) is 15.5. The molecule has 0 bridgehead atoms. The van der Waals surface area contributed by atoms with Crippen molar-refractivity contribution in [3.05, 3.63) is 65.2 Å². The van der Waals surface area contributed by atoms with E-state index >= 15 is 0 Å². The van der Waals surface area contributed by atoms with Gasteiger partial charge in [-0.2, -0.15) is 0 Å². The van der Waals surface area contributed by atoms with Gasteiger partial charge in [-0.3, -0.25) is 0 Å². The van der Waals surface area contributed by atoms with E-state index in [1.165, 1.54) is 0 Å². The molecule has 4 nitrogen and oxygen atoms in total. The number of anilines is 1. The number of benzene rings is 2. The average molecular weight is 294 g/mol. The second-order valence-corrected chi connectivity index (χ2v) is 4.79. The van der Waals surface area contributed by atoms with Gasteiger partial charge < -0.3 is 15.8 Å². The molecular weight excluding hydrogens is 276 g/mol. The van der Waals surface area contributed by atoms with Crippen LogP contribution in [0.2, 0.25) is 0 Å². The van der Waals surface area contributed by atoms with Crippen LogP contribution in [0.15, 0.2) is 48.5 Å². The second kappa shape index (κ2) is 7.75. The Balaban J connectivity index is 1.76. The van der Waals surface area contributed by atoms with E-state index in [0.717, 1.165) is 16.7 Å². The molecular formula is C18H18N2O2. The highest BCUT2D eigenvalue weighted by Crippen LogP contribution is 2.10. The summed E-state index contributed by atoms with van der Waals surface area (Å²) < 4.78 is 5.09. The predicted octanol–water partition coefficient (Wildman–Crippen LogP) is 2.86. The van der Waals surface area contributed by atoms with Crippen LogP contribution in [0.25, 0.3) is 0 Å². The van der Waals surface area contributed by atoms with Crippen molar-refractivity contribution in [2.24, 2.45) is 0 Å². The van der Waals surface area contributed by atoms with Crippen LogP contribution in [0.5, 0.6) is 0 Å². The third kappa shape index (κ3) is 4.88. The van der Waals surface area contributed by atoms with Gasteiger partial charge in [-0.15, -0.1) is 0 Å². The molecule has 2 aromatic rings. The van der Waals surface area contributed by atoms with Gasteiger partial charge in [0.15, 0.2) is 0 Å². The smallest absolute Gasteiger partial charge is 0.408 e. The van der Waals surface area contributed by atoms with Gasteiger partial charge in [0.25, 0.3) is 0 Å². The summed E-state index contributed by atoms with van der Waals surface area (Å²) in [6.45, 7) is 2.43. The minimum absolute atomic E-state index is 0.234. The number of amides is 1. The van der Waals surface area contributed by atoms with Gasteiger partial charge in [0, 0.05) is 11.3 Å². The van der Waals surface area contributed by atoms with Crippen molar-refractivity contribution in [2.45, 2.75) is 13.5 Å². The fraction of sp³-hybridized carbons (Fsp3) is 0.167. The van der Waals surface area contributed by atoms with E-state index in [9.17, 15) is 4.79 Å². The Morgan fingerprint density at radius 3 is 2.73 bits per heavy atom. The number of nitrogens with two attached hydrogens (primary N) is 1. The number of nitrogens with one attached hydrogen (secondary N) is 1. The highest BCUT2D eigenvalue weighted by atomic mass is 16.5. The average Bonchev–Trinajstić information content (AvgIpc) is 2.52. The summed E-state index contributed by atoms with van der Waals surface area (Å²) in [5.74, 6) is 5.88. The number of hydrogen-bond acceptors (Lipinski definition) is 3. The summed E-state index contributed by atoms with van der Waals surface area (Å²) in [6, 6.07) is 15.1. The van der Waals surface area contributed by atoms with E-state index in [0.29, 0.717) is 5.69 Å². The molecule has 2 rings (SSSR count). The Hall–Kier alpha value is -2.93. The lowest BCUT2D eigenvalue weighted by molar-refractivity contribution is 0.141. The van der Waals surface area contributed by atoms with Crippen molar-refractivity contribution in [2.75, 3.05) is 12.3 Å². The maximum Gasteiger partial charge on any atom is 0.408 e. The summed E-state index contributed by atoms with van der Waals surface area (Å²) in [4.78, 5) is 11.5. The lowest BCUT2D eigenvalue weighted by atomic mass is 10.1. The Bertz CT molecular complexity index is 700. The van der Waals surface area contributed by atoms with Crippen molar-refractivity contribution in [1.82, 2.24) is 5.32 Å². The highest BCUT2D eigenvalue weighted by molar-refractivity contribution is 5.67. The molecule has 0 radical (unpaired) electrons. The summed E-state index contributed by atoms with van der Waals surface area (Å²) in [7, 11) is 0. The van der Waals surface area contributed by atoms with E-state index in [4.69, 9.17) is 10.5 Å². The van der Waals surface area contributed by atoms with E-state index in [1.807, 2.05) is 49.4 Å². The molecule has 1 amide bonds. The molecule has 22 heavy (non-hydrogen) atoms. The molecule has 3 N–H and O–H groups in total. The summed E-state index contributed by atoms with van der Waals surface area (Å²) in [5.41, 5.74) is 9.25. The Kier molecular flexibility index (Phi) is 5.44. The maximum atomic E-state index is 11.5. The number of ether oxygens (including phenoxy) is 1. The van der Waals surface area contributed by atoms with Gasteiger partial charge in [0.05, 0.1) is 6.54 Å². The second-order valence-electron chi connectivity index (χ2n) is 4.79. The first-order chi connectivity index (χ1) is 10.6. The van der Waals surface area contributed by atoms with Gasteiger partial charge in [0.1, 0.15) is 6.61 Å². The van der Waals surface area contributed by atoms with Gasteiger partial charge in [-0.1, -0.05) is 42.2 Å². The van der Waals surface area contributed by atoms with Crippen molar-refractivity contribution < 1.29 is 9.53 Å². The van der Waals surface area contributed by atoms with Crippen molar-refractivity contribution in [3.63, 3.8) is 0 Å². The van der Waals surface area contributed by atoms with Gasteiger partial charge in [-0.25, -0.2) is 4.79 Å². The molecule has 0 atom stereocenters. The number of rotatable bonds is 3. The van der Waals surface area contributed by atoms with Gasteiger partial charge in [0.2, 0.25) is 0 Å². The molecule has 0 fully saturated rings. The van der Waals surface area contributed by atoms with Crippen LogP contribution in [-0.2, 0) is 11.3 Å². The molecule has 0 saturated heterocycles. The van der Waals surface area contributed by atoms with Crippen LogP contribution < -0.4 is 11.1 Å². The number of alkyl carbamates (subject to hydrolysis) is 1. The molecule has 0 heterocycles. The molecule has 0 saturated carbocycles. The van der Waals surface area contributed by atoms with Gasteiger partial charge in [-0.05, 0) is 36.2 Å². The standard InChI is InChI=1S/C18H18N2O2/c1-14-12-17(19)10-9-16(14)8-5-11-20-18(21)22-13-15-6-3-2-4-7-15/h2-4,6-7,9-10,12H,11,13,19H2,1H3,(H,20,21). The fourth-order valence-electron chi connectivity index (χ4n) is 1.86. The molecule has 0 spiro atoms. The maximum absolute atomic E-state index is 11.5. The number of hydrogen-bond donors (Lipinski definition) is 2. The molecule has 112 valence electrons. The Labute approximate surface area is 130 Å². The normalized spacial score (nSPS) is 9.50. The number of aryl methyl sites for hydroxylation is 1. The summed E-state index contributed by atoms with van der Waals surface area (Å²) >= 11 is 0. The number of carbonyl (C=O) groups is 1. The van der Waals surface area contributed by atoms with Crippen molar-refractivity contribution in [3.8, 4) is 11.8 Å². The third-order valence-corrected chi connectivity index (χ3v) is 3.01. The fourth-order valence-corrected chi connectivity index (χ4v) is 1.86. The molecule has 2 aromatic carbocycles. The number of carbonyl (C=O) groups excluding carboxylic acids is 1. The van der Waals surface area contributed by atoms with Crippen LogP contribution in [0.4, 0.5) is 10.5 Å². The first-order valence-corrected chi connectivity index (χ1v) is 6.94. The number of nitrogen functional groups attached to an aromatic ring is 1. The molecule has 0 aliphatic heterocycles. The minimum atomic E-state index is -0.479. The zero-order valence-electron chi connectivity index (χ0n) is 12.4. The topological polar surface area (TPSA) is 64.3 Å². The molecule has 4 heteroatoms. The Morgan fingerprint density at radius 2 is 2.00 bits per heavy atom. The molecule has 0 aliphatic rings. The minimum Gasteiger partial charge on any atom is -0.445 e. The lowest BCUT2D eigenvalue weighted by Gasteiger charge is -2.04. The SMILES string of the molecule is Cc1cc(N)ccc1C#CCNC(=O)OCc1ccccc1. The van der Waals surface area contributed by atoms with Gasteiger partial charge >= 0.3 is 6.09 Å². The lowest BCUT2D eigenvalue weighted by Crippen LogP contribution is -2.24. The summed E-state index contributed by atoms with van der Waals surface area (Å²) in [5, 5.41) is 2.59. The van der Waals surface area contributed by atoms with Crippen LogP contribution in [0, 0.1) is 18.8 Å². The highest BCUT2D eigenvalue weighted by Gasteiger charge is 2.00. The van der Waals surface area contributed by atoms with E-state index in [2.05, 4.69) is 17.2 Å². The third-order valence-electron chi connectivity index (χ3n) is 3.01. The largest absolute Gasteiger partial charge is 0.445 e. The zero-order valence-corrected chi connectivity index (χ0v) is 12.4. The Morgan fingerprint density at radius 1 is 1.23 bits per heavy atom. The van der Waals surface area contributed by atoms with Crippen molar-refractivity contribution >= 4 is 11.8 Å². The zero-order chi connectivity index (χ0) is 15.8. The van der Waals surface area contributed by atoms with Crippen LogP contribution in [0.1, 0.15) is 16.7 Å². The van der Waals surface area contributed by atoms with E-state index < -0.39 is 6.09 Å². The van der Waals surface area contributed by atoms with Crippen LogP contribution in [-0.4, -0.2) is 12.6 Å². The van der Waals surface area contributed by atoms with E-state index in [-0.39, 0.29) is 13.2 Å². The first-order valence-electron chi connectivity index (χ1n) is 6.94. The monoisotopic (exact) mass is 294 g/mol. The van der Waals surface area contributed by atoms with Crippen LogP contribution in [0.3, 0.4) is 0 Å². The molecule has 0 aromatic heterocycles. The summed E-state index contributed by atoms with van der Waals surface area (Å²) in [6.07, 6.45) is -0.479.